The van der Waals surface area contributed by atoms with Crippen LogP contribution < -0.4 is 4.74 Å². The lowest BCUT2D eigenvalue weighted by Crippen LogP contribution is -1.96. The van der Waals surface area contributed by atoms with Gasteiger partial charge >= 0.3 is 0 Å². The Balaban J connectivity index is 1.74. The molecule has 0 aliphatic carbocycles. The molecule has 0 bridgehead atoms. The fourth-order valence-corrected chi connectivity index (χ4v) is 2.04. The maximum absolute atomic E-state index is 13.6. The van der Waals surface area contributed by atoms with E-state index < -0.39 is 0 Å². The Kier molecular flexibility index (Phi) is 3.88. The van der Waals surface area contributed by atoms with Crippen LogP contribution in [0.25, 0.3) is 11.5 Å². The Bertz CT molecular complexity index is 757. The van der Waals surface area contributed by atoms with Gasteiger partial charge in [0.15, 0.2) is 0 Å². The van der Waals surface area contributed by atoms with E-state index in [1.807, 2.05) is 12.1 Å². The highest BCUT2D eigenvalue weighted by molar-refractivity contribution is 6.32. The van der Waals surface area contributed by atoms with E-state index in [0.717, 1.165) is 0 Å². The standard InChI is InChI=1S/C16H11ClFNO2/c17-13-6-2-4-8-15(13)20-9-11-10-21-16(19-11)12-5-1-3-7-14(12)18/h1-8,10H,9H2. The molecule has 0 saturated heterocycles. The lowest BCUT2D eigenvalue weighted by atomic mass is 10.2. The number of oxazole rings is 1. The fourth-order valence-electron chi connectivity index (χ4n) is 1.85. The topological polar surface area (TPSA) is 35.3 Å². The zero-order valence-electron chi connectivity index (χ0n) is 10.9. The van der Waals surface area contributed by atoms with E-state index in [2.05, 4.69) is 4.98 Å². The van der Waals surface area contributed by atoms with Gasteiger partial charge in [0.05, 0.1) is 10.6 Å². The van der Waals surface area contributed by atoms with Gasteiger partial charge in [0.25, 0.3) is 0 Å². The van der Waals surface area contributed by atoms with Crippen LogP contribution in [0.15, 0.2) is 59.2 Å². The summed E-state index contributed by atoms with van der Waals surface area (Å²) in [5.41, 5.74) is 0.884. The zero-order chi connectivity index (χ0) is 14.7. The van der Waals surface area contributed by atoms with Crippen molar-refractivity contribution in [2.75, 3.05) is 0 Å². The van der Waals surface area contributed by atoms with E-state index in [1.54, 1.807) is 30.3 Å². The SMILES string of the molecule is Fc1ccccc1-c1nc(COc2ccccc2Cl)co1. The van der Waals surface area contributed by atoms with E-state index >= 15 is 0 Å². The Labute approximate surface area is 126 Å². The number of benzene rings is 2. The summed E-state index contributed by atoms with van der Waals surface area (Å²) >= 11 is 5.99. The van der Waals surface area contributed by atoms with E-state index in [9.17, 15) is 4.39 Å². The van der Waals surface area contributed by atoms with Crippen molar-refractivity contribution in [2.45, 2.75) is 6.61 Å². The molecule has 21 heavy (non-hydrogen) atoms. The molecule has 0 aliphatic heterocycles. The van der Waals surface area contributed by atoms with Gasteiger partial charge in [-0.2, -0.15) is 0 Å². The molecule has 0 amide bonds. The van der Waals surface area contributed by atoms with Crippen molar-refractivity contribution in [3.8, 4) is 17.2 Å². The molecule has 5 heteroatoms. The van der Waals surface area contributed by atoms with Crippen molar-refractivity contribution in [1.29, 1.82) is 0 Å². The summed E-state index contributed by atoms with van der Waals surface area (Å²) in [6, 6.07) is 13.5. The van der Waals surface area contributed by atoms with Crippen LogP contribution in [0.5, 0.6) is 5.75 Å². The number of nitrogens with zero attached hydrogens (tertiary/aromatic N) is 1. The number of hydrogen-bond acceptors (Lipinski definition) is 3. The number of para-hydroxylation sites is 1. The molecule has 106 valence electrons. The first-order valence-electron chi connectivity index (χ1n) is 6.30. The molecular formula is C16H11ClFNO2. The van der Waals surface area contributed by atoms with Crippen molar-refractivity contribution >= 4 is 11.6 Å². The highest BCUT2D eigenvalue weighted by Gasteiger charge is 2.11. The minimum atomic E-state index is -0.377. The second kappa shape index (κ2) is 5.97. The van der Waals surface area contributed by atoms with Crippen molar-refractivity contribution in [3.05, 3.63) is 71.3 Å². The first-order chi connectivity index (χ1) is 10.2. The first kappa shape index (κ1) is 13.6. The summed E-state index contributed by atoms with van der Waals surface area (Å²) in [4.78, 5) is 4.21. The van der Waals surface area contributed by atoms with Crippen molar-refractivity contribution in [3.63, 3.8) is 0 Å². The van der Waals surface area contributed by atoms with E-state index in [1.165, 1.54) is 12.3 Å². The van der Waals surface area contributed by atoms with E-state index in [4.69, 9.17) is 20.8 Å². The molecular weight excluding hydrogens is 293 g/mol. The van der Waals surface area contributed by atoms with Gasteiger partial charge in [-0.1, -0.05) is 35.9 Å². The molecule has 3 aromatic rings. The number of halogens is 2. The van der Waals surface area contributed by atoms with Crippen LogP contribution in [0.1, 0.15) is 5.69 Å². The normalized spacial score (nSPS) is 10.6. The van der Waals surface area contributed by atoms with Gasteiger partial charge in [-0.25, -0.2) is 9.37 Å². The maximum Gasteiger partial charge on any atom is 0.229 e. The van der Waals surface area contributed by atoms with Crippen LogP contribution in [0, 0.1) is 5.82 Å². The van der Waals surface area contributed by atoms with Crippen molar-refractivity contribution in [1.82, 2.24) is 4.98 Å². The smallest absolute Gasteiger partial charge is 0.229 e. The molecule has 0 N–H and O–H groups in total. The summed E-state index contributed by atoms with van der Waals surface area (Å²) in [5.74, 6) is 0.415. The Morgan fingerprint density at radius 3 is 2.67 bits per heavy atom. The highest BCUT2D eigenvalue weighted by atomic mass is 35.5. The lowest BCUT2D eigenvalue weighted by molar-refractivity contribution is 0.301. The van der Waals surface area contributed by atoms with Crippen LogP contribution >= 0.6 is 11.6 Å². The minimum Gasteiger partial charge on any atom is -0.486 e. The largest absolute Gasteiger partial charge is 0.486 e. The van der Waals surface area contributed by atoms with Crippen LogP contribution in [0.4, 0.5) is 4.39 Å². The molecule has 0 fully saturated rings. The Morgan fingerprint density at radius 2 is 1.86 bits per heavy atom. The average Bonchev–Trinajstić information content (AvgIpc) is 2.96. The molecule has 0 unspecified atom stereocenters. The molecule has 1 heterocycles. The summed E-state index contributed by atoms with van der Waals surface area (Å²) in [5, 5.41) is 0.523. The summed E-state index contributed by atoms with van der Waals surface area (Å²) < 4.78 is 24.5. The molecule has 0 spiro atoms. The highest BCUT2D eigenvalue weighted by Crippen LogP contribution is 2.25. The summed E-state index contributed by atoms with van der Waals surface area (Å²) in [7, 11) is 0. The number of hydrogen-bond donors (Lipinski definition) is 0. The van der Waals surface area contributed by atoms with Crippen LogP contribution in [0.2, 0.25) is 5.02 Å². The van der Waals surface area contributed by atoms with Gasteiger partial charge in [0.2, 0.25) is 5.89 Å². The number of rotatable bonds is 4. The molecule has 1 aromatic heterocycles. The molecule has 3 nitrogen and oxygen atoms in total. The van der Waals surface area contributed by atoms with E-state index in [-0.39, 0.29) is 18.3 Å². The van der Waals surface area contributed by atoms with Crippen LogP contribution in [-0.4, -0.2) is 4.98 Å². The molecule has 0 radical (unpaired) electrons. The van der Waals surface area contributed by atoms with Gasteiger partial charge in [0, 0.05) is 0 Å². The molecule has 2 aromatic carbocycles. The third-order valence-corrected chi connectivity index (χ3v) is 3.18. The maximum atomic E-state index is 13.6. The number of ether oxygens (including phenoxy) is 1. The van der Waals surface area contributed by atoms with Gasteiger partial charge in [-0.15, -0.1) is 0 Å². The van der Waals surface area contributed by atoms with Gasteiger partial charge in [-0.3, -0.25) is 0 Å². The molecule has 0 atom stereocenters. The van der Waals surface area contributed by atoms with Gasteiger partial charge < -0.3 is 9.15 Å². The number of aromatic nitrogens is 1. The van der Waals surface area contributed by atoms with Crippen LogP contribution in [0.3, 0.4) is 0 Å². The second-order valence-electron chi connectivity index (χ2n) is 4.34. The third kappa shape index (κ3) is 3.06. The fraction of sp³-hybridized carbons (Fsp3) is 0.0625. The van der Waals surface area contributed by atoms with Crippen molar-refractivity contribution < 1.29 is 13.5 Å². The van der Waals surface area contributed by atoms with Gasteiger partial charge in [-0.05, 0) is 24.3 Å². The van der Waals surface area contributed by atoms with Crippen LogP contribution in [-0.2, 0) is 6.61 Å². The second-order valence-corrected chi connectivity index (χ2v) is 4.75. The monoisotopic (exact) mass is 303 g/mol. The molecule has 0 saturated carbocycles. The zero-order valence-corrected chi connectivity index (χ0v) is 11.7. The summed E-state index contributed by atoms with van der Waals surface area (Å²) in [6.45, 7) is 0.196. The average molecular weight is 304 g/mol. The van der Waals surface area contributed by atoms with Crippen molar-refractivity contribution in [2.24, 2.45) is 0 Å². The Hall–Kier alpha value is -2.33. The van der Waals surface area contributed by atoms with E-state index in [0.29, 0.717) is 22.0 Å². The first-order valence-corrected chi connectivity index (χ1v) is 6.68. The molecule has 0 aliphatic rings. The molecule has 3 rings (SSSR count). The lowest BCUT2D eigenvalue weighted by Gasteiger charge is -2.04. The minimum absolute atomic E-state index is 0.196. The Morgan fingerprint density at radius 1 is 1.10 bits per heavy atom. The quantitative estimate of drug-likeness (QED) is 0.700. The summed E-state index contributed by atoms with van der Waals surface area (Å²) in [6.07, 6.45) is 1.44. The third-order valence-electron chi connectivity index (χ3n) is 2.87. The van der Waals surface area contributed by atoms with Gasteiger partial charge in [0.1, 0.15) is 30.1 Å². The predicted molar refractivity (Wildman–Crippen MR) is 77.7 cm³/mol. The predicted octanol–water partition coefficient (Wildman–Crippen LogP) is 4.71.